The summed E-state index contributed by atoms with van der Waals surface area (Å²) in [5.74, 6) is 0.738. The first-order chi connectivity index (χ1) is 10.7. The van der Waals surface area contributed by atoms with E-state index in [1.54, 1.807) is 19.3 Å². The van der Waals surface area contributed by atoms with Crippen molar-refractivity contribution in [1.29, 1.82) is 0 Å². The van der Waals surface area contributed by atoms with E-state index in [1.165, 1.54) is 0 Å². The second-order valence-electron chi connectivity index (χ2n) is 4.76. The highest BCUT2D eigenvalue weighted by Gasteiger charge is 2.02. The van der Waals surface area contributed by atoms with E-state index in [0.29, 0.717) is 24.1 Å². The second-order valence-corrected chi connectivity index (χ2v) is 5.15. The van der Waals surface area contributed by atoms with Crippen molar-refractivity contribution < 1.29 is 4.79 Å². The number of amides is 1. The van der Waals surface area contributed by atoms with Crippen LogP contribution in [0.5, 0.6) is 0 Å². The highest BCUT2D eigenvalue weighted by molar-refractivity contribution is 14.0. The molecule has 0 saturated heterocycles. The van der Waals surface area contributed by atoms with Gasteiger partial charge in [0.1, 0.15) is 5.15 Å². The molecule has 8 heteroatoms. The fourth-order valence-corrected chi connectivity index (χ4v) is 1.86. The third kappa shape index (κ3) is 10.3. The number of hydrogen-bond acceptors (Lipinski definition) is 3. The number of nitrogens with one attached hydrogen (secondary N) is 3. The van der Waals surface area contributed by atoms with Crippen molar-refractivity contribution in [3.05, 3.63) is 29.0 Å². The van der Waals surface area contributed by atoms with Gasteiger partial charge in [-0.05, 0) is 24.5 Å². The summed E-state index contributed by atoms with van der Waals surface area (Å²) >= 11 is 5.74. The van der Waals surface area contributed by atoms with Crippen LogP contribution >= 0.6 is 35.6 Å². The molecule has 0 saturated carbocycles. The predicted molar refractivity (Wildman–Crippen MR) is 106 cm³/mol. The third-order valence-electron chi connectivity index (χ3n) is 2.94. The van der Waals surface area contributed by atoms with Crippen molar-refractivity contribution in [2.75, 3.05) is 26.7 Å². The van der Waals surface area contributed by atoms with Gasteiger partial charge >= 0.3 is 0 Å². The average Bonchev–Trinajstić information content (AvgIpc) is 2.53. The topological polar surface area (TPSA) is 78.4 Å². The molecule has 0 atom stereocenters. The van der Waals surface area contributed by atoms with Gasteiger partial charge in [0, 0.05) is 39.3 Å². The van der Waals surface area contributed by atoms with Crippen LogP contribution in [0.2, 0.25) is 5.15 Å². The molecule has 0 aliphatic rings. The molecule has 6 nitrogen and oxygen atoms in total. The Morgan fingerprint density at radius 3 is 2.57 bits per heavy atom. The first-order valence-electron chi connectivity index (χ1n) is 7.47. The number of carbonyl (C=O) groups is 1. The van der Waals surface area contributed by atoms with E-state index in [9.17, 15) is 4.79 Å². The molecule has 0 spiro atoms. The smallest absolute Gasteiger partial charge is 0.221 e. The van der Waals surface area contributed by atoms with Crippen LogP contribution in [0.25, 0.3) is 0 Å². The summed E-state index contributed by atoms with van der Waals surface area (Å²) < 4.78 is 0. The number of nitrogens with zero attached hydrogens (tertiary/aromatic N) is 2. The average molecular weight is 454 g/mol. The molecule has 0 aliphatic heterocycles. The number of halogens is 2. The van der Waals surface area contributed by atoms with E-state index in [4.69, 9.17) is 11.6 Å². The molecule has 0 aliphatic carbocycles. The molecule has 1 aromatic heterocycles. The Bertz CT molecular complexity index is 481. The predicted octanol–water partition coefficient (Wildman–Crippen LogP) is 1.98. The molecule has 0 radical (unpaired) electrons. The van der Waals surface area contributed by atoms with Gasteiger partial charge in [-0.2, -0.15) is 0 Å². The first-order valence-corrected chi connectivity index (χ1v) is 7.85. The lowest BCUT2D eigenvalue weighted by atomic mass is 10.2. The lowest BCUT2D eigenvalue weighted by Crippen LogP contribution is -2.40. The number of rotatable bonds is 8. The lowest BCUT2D eigenvalue weighted by molar-refractivity contribution is -0.120. The number of aromatic nitrogens is 1. The molecule has 0 unspecified atom stereocenters. The molecule has 0 bridgehead atoms. The largest absolute Gasteiger partial charge is 0.356 e. The van der Waals surface area contributed by atoms with E-state index in [1.807, 2.05) is 13.0 Å². The Morgan fingerprint density at radius 2 is 1.96 bits per heavy atom. The SMILES string of the molecule is CCCNC(=O)CCNC(=NC)NCCc1ccc(Cl)nc1.I. The van der Waals surface area contributed by atoms with Gasteiger partial charge in [-0.15, -0.1) is 24.0 Å². The van der Waals surface area contributed by atoms with Crippen LogP contribution in [0.4, 0.5) is 0 Å². The molecule has 1 aromatic rings. The summed E-state index contributed by atoms with van der Waals surface area (Å²) in [6.07, 6.45) is 3.96. The van der Waals surface area contributed by atoms with Gasteiger partial charge in [-0.25, -0.2) is 4.98 Å². The number of carbonyl (C=O) groups excluding carboxylic acids is 1. The van der Waals surface area contributed by atoms with Crippen molar-refractivity contribution in [1.82, 2.24) is 20.9 Å². The molecular formula is C15H25ClIN5O. The molecule has 0 aromatic carbocycles. The van der Waals surface area contributed by atoms with Crippen LogP contribution in [0.3, 0.4) is 0 Å². The van der Waals surface area contributed by atoms with Gasteiger partial charge in [0.25, 0.3) is 0 Å². The summed E-state index contributed by atoms with van der Waals surface area (Å²) in [6, 6.07) is 3.73. The second kappa shape index (κ2) is 13.4. The van der Waals surface area contributed by atoms with Gasteiger partial charge < -0.3 is 16.0 Å². The van der Waals surface area contributed by atoms with E-state index in [2.05, 4.69) is 25.9 Å². The fourth-order valence-electron chi connectivity index (χ4n) is 1.75. The zero-order chi connectivity index (χ0) is 16.2. The van der Waals surface area contributed by atoms with E-state index in [0.717, 1.165) is 31.5 Å². The van der Waals surface area contributed by atoms with E-state index in [-0.39, 0.29) is 29.9 Å². The molecule has 3 N–H and O–H groups in total. The molecule has 23 heavy (non-hydrogen) atoms. The van der Waals surface area contributed by atoms with Crippen LogP contribution in [0.15, 0.2) is 23.3 Å². The third-order valence-corrected chi connectivity index (χ3v) is 3.16. The molecular weight excluding hydrogens is 429 g/mol. The number of guanidine groups is 1. The van der Waals surface area contributed by atoms with Crippen molar-refractivity contribution in [3.63, 3.8) is 0 Å². The van der Waals surface area contributed by atoms with Gasteiger partial charge in [0.2, 0.25) is 5.91 Å². The maximum absolute atomic E-state index is 11.5. The Morgan fingerprint density at radius 1 is 1.22 bits per heavy atom. The lowest BCUT2D eigenvalue weighted by Gasteiger charge is -2.11. The van der Waals surface area contributed by atoms with Crippen molar-refractivity contribution in [2.24, 2.45) is 4.99 Å². The Labute approximate surface area is 159 Å². The van der Waals surface area contributed by atoms with E-state index < -0.39 is 0 Å². The number of pyridine rings is 1. The highest BCUT2D eigenvalue weighted by atomic mass is 127. The Hall–Kier alpha value is -1.09. The quantitative estimate of drug-likeness (QED) is 0.243. The minimum absolute atomic E-state index is 0. The Balaban J connectivity index is 0.00000484. The number of aliphatic imine (C=N–C) groups is 1. The Kier molecular flexibility index (Phi) is 12.7. The standard InChI is InChI=1S/C15H24ClN5O.HI/c1-3-8-18-14(22)7-10-20-15(17-2)19-9-6-12-4-5-13(16)21-11-12;/h4-5,11H,3,6-10H2,1-2H3,(H,18,22)(H2,17,19,20);1H. The van der Waals surface area contributed by atoms with Crippen LogP contribution < -0.4 is 16.0 Å². The van der Waals surface area contributed by atoms with Gasteiger partial charge in [0.05, 0.1) is 0 Å². The van der Waals surface area contributed by atoms with Crippen LogP contribution in [0.1, 0.15) is 25.3 Å². The first kappa shape index (κ1) is 21.9. The van der Waals surface area contributed by atoms with Crippen molar-refractivity contribution in [3.8, 4) is 0 Å². The molecule has 130 valence electrons. The molecule has 1 heterocycles. The summed E-state index contributed by atoms with van der Waals surface area (Å²) in [7, 11) is 1.70. The number of hydrogen-bond donors (Lipinski definition) is 3. The van der Waals surface area contributed by atoms with Gasteiger partial charge in [0.15, 0.2) is 5.96 Å². The van der Waals surface area contributed by atoms with Gasteiger partial charge in [-0.3, -0.25) is 9.79 Å². The van der Waals surface area contributed by atoms with Crippen LogP contribution in [-0.4, -0.2) is 43.5 Å². The summed E-state index contributed by atoms with van der Waals surface area (Å²) in [4.78, 5) is 19.6. The van der Waals surface area contributed by atoms with Crippen LogP contribution in [0, 0.1) is 0 Å². The minimum atomic E-state index is 0. The zero-order valence-corrected chi connectivity index (χ0v) is 16.6. The summed E-state index contributed by atoms with van der Waals surface area (Å²) in [5, 5.41) is 9.64. The maximum Gasteiger partial charge on any atom is 0.221 e. The monoisotopic (exact) mass is 453 g/mol. The molecule has 1 amide bonds. The van der Waals surface area contributed by atoms with Gasteiger partial charge in [-0.1, -0.05) is 24.6 Å². The van der Waals surface area contributed by atoms with Crippen molar-refractivity contribution >= 4 is 47.4 Å². The summed E-state index contributed by atoms with van der Waals surface area (Å²) in [5.41, 5.74) is 1.10. The molecule has 1 rings (SSSR count). The zero-order valence-electron chi connectivity index (χ0n) is 13.6. The summed E-state index contributed by atoms with van der Waals surface area (Å²) in [6.45, 7) is 4.03. The fraction of sp³-hybridized carbons (Fsp3) is 0.533. The maximum atomic E-state index is 11.5. The van der Waals surface area contributed by atoms with E-state index >= 15 is 0 Å². The highest BCUT2D eigenvalue weighted by Crippen LogP contribution is 2.05. The molecule has 0 fully saturated rings. The minimum Gasteiger partial charge on any atom is -0.356 e. The normalized spacial score (nSPS) is 10.7. The van der Waals surface area contributed by atoms with Crippen LogP contribution in [-0.2, 0) is 11.2 Å². The van der Waals surface area contributed by atoms with Crippen molar-refractivity contribution in [2.45, 2.75) is 26.2 Å².